The van der Waals surface area contributed by atoms with Crippen LogP contribution in [-0.4, -0.2) is 22.3 Å². The van der Waals surface area contributed by atoms with Gasteiger partial charge in [-0.3, -0.25) is 0 Å². The molecule has 0 radical (unpaired) electrons. The van der Waals surface area contributed by atoms with Crippen LogP contribution in [0, 0.1) is 0 Å². The van der Waals surface area contributed by atoms with Crippen molar-refractivity contribution in [2.75, 3.05) is 11.9 Å². The molecule has 1 rings (SSSR count). The lowest BCUT2D eigenvalue weighted by Gasteiger charge is -2.08. The molecule has 0 amide bonds. The fraction of sp³-hybridized carbons (Fsp3) is 0.700. The maximum atomic E-state index is 11.8. The van der Waals surface area contributed by atoms with E-state index >= 15 is 0 Å². The summed E-state index contributed by atoms with van der Waals surface area (Å²) in [6.07, 6.45) is -0.599. The van der Waals surface area contributed by atoms with Gasteiger partial charge in [-0.25, -0.2) is 4.98 Å². The minimum absolute atomic E-state index is 0.156. The molecule has 0 spiro atoms. The van der Waals surface area contributed by atoms with Crippen molar-refractivity contribution in [2.24, 2.45) is 0 Å². The molecule has 1 heterocycles. The van der Waals surface area contributed by atoms with Crippen LogP contribution in [0.4, 0.5) is 19.1 Å². The molecule has 0 saturated carbocycles. The molecule has 6 heteroatoms. The Kier molecular flexibility index (Phi) is 4.64. The minimum atomic E-state index is -4.04. The smallest absolute Gasteiger partial charge is 0.356 e. The maximum Gasteiger partial charge on any atom is 0.389 e. The quantitative estimate of drug-likeness (QED) is 0.768. The third-order valence-electron chi connectivity index (χ3n) is 2.23. The summed E-state index contributed by atoms with van der Waals surface area (Å²) in [5.74, 6) is 0.717. The lowest BCUT2D eigenvalue weighted by Crippen LogP contribution is -2.10. The van der Waals surface area contributed by atoms with Crippen LogP contribution in [0.3, 0.4) is 0 Å². The first-order valence-electron chi connectivity index (χ1n) is 5.34. The van der Waals surface area contributed by atoms with Crippen LogP contribution < -0.4 is 5.32 Å². The zero-order chi connectivity index (χ0) is 12.0. The van der Waals surface area contributed by atoms with Crippen molar-refractivity contribution >= 4 is 5.95 Å². The summed E-state index contributed by atoms with van der Waals surface area (Å²) in [5.41, 5.74) is 0. The van der Waals surface area contributed by atoms with Crippen LogP contribution in [0.2, 0.25) is 0 Å². The van der Waals surface area contributed by atoms with Crippen LogP contribution in [-0.2, 0) is 6.54 Å². The Balaban J connectivity index is 2.16. The van der Waals surface area contributed by atoms with Gasteiger partial charge in [0.1, 0.15) is 0 Å². The zero-order valence-corrected chi connectivity index (χ0v) is 9.22. The molecule has 0 saturated heterocycles. The highest BCUT2D eigenvalue weighted by Crippen LogP contribution is 2.22. The van der Waals surface area contributed by atoms with E-state index in [1.54, 1.807) is 6.20 Å². The number of aryl methyl sites for hydroxylation is 1. The number of aromatic nitrogens is 2. The number of hydrogen-bond donors (Lipinski definition) is 1. The highest BCUT2D eigenvalue weighted by Gasteiger charge is 2.25. The van der Waals surface area contributed by atoms with Crippen molar-refractivity contribution in [3.05, 3.63) is 12.4 Å². The molecule has 16 heavy (non-hydrogen) atoms. The molecule has 1 aromatic heterocycles. The first-order valence-corrected chi connectivity index (χ1v) is 5.34. The van der Waals surface area contributed by atoms with Crippen LogP contribution in [0.25, 0.3) is 0 Å². The summed E-state index contributed by atoms with van der Waals surface area (Å²) in [6.45, 7) is 3.30. The molecule has 92 valence electrons. The number of imidazole rings is 1. The predicted molar refractivity (Wildman–Crippen MR) is 56.3 cm³/mol. The molecule has 1 N–H and O–H groups in total. The molecule has 0 aromatic carbocycles. The second-order valence-electron chi connectivity index (χ2n) is 3.54. The monoisotopic (exact) mass is 235 g/mol. The summed E-state index contributed by atoms with van der Waals surface area (Å²) in [4.78, 5) is 4.06. The SMILES string of the molecule is CCn1ccnc1NCCCCC(F)(F)F. The second-order valence-corrected chi connectivity index (χ2v) is 3.54. The number of rotatable bonds is 6. The van der Waals surface area contributed by atoms with Gasteiger partial charge in [-0.15, -0.1) is 0 Å². The Hall–Kier alpha value is -1.20. The lowest BCUT2D eigenvalue weighted by molar-refractivity contribution is -0.135. The molecule has 0 aliphatic heterocycles. The minimum Gasteiger partial charge on any atom is -0.356 e. The van der Waals surface area contributed by atoms with E-state index in [9.17, 15) is 13.2 Å². The second kappa shape index (κ2) is 5.77. The summed E-state index contributed by atoms with van der Waals surface area (Å²) >= 11 is 0. The van der Waals surface area contributed by atoms with Crippen LogP contribution in [0.15, 0.2) is 12.4 Å². The average molecular weight is 235 g/mol. The molecule has 0 atom stereocenters. The molecule has 0 aliphatic rings. The van der Waals surface area contributed by atoms with Crippen LogP contribution in [0.1, 0.15) is 26.2 Å². The first kappa shape index (κ1) is 12.9. The van der Waals surface area contributed by atoms with Gasteiger partial charge >= 0.3 is 6.18 Å². The van der Waals surface area contributed by atoms with Gasteiger partial charge in [-0.1, -0.05) is 0 Å². The molecule has 3 nitrogen and oxygen atoms in total. The lowest BCUT2D eigenvalue weighted by atomic mass is 10.2. The van der Waals surface area contributed by atoms with E-state index in [4.69, 9.17) is 0 Å². The van der Waals surface area contributed by atoms with E-state index in [0.29, 0.717) is 13.0 Å². The number of halogens is 3. The Morgan fingerprint density at radius 3 is 2.75 bits per heavy atom. The summed E-state index contributed by atoms with van der Waals surface area (Å²) < 4.78 is 37.4. The third-order valence-corrected chi connectivity index (χ3v) is 2.23. The van der Waals surface area contributed by atoms with Gasteiger partial charge in [0.05, 0.1) is 0 Å². The molecule has 0 aliphatic carbocycles. The largest absolute Gasteiger partial charge is 0.389 e. The van der Waals surface area contributed by atoms with Crippen molar-refractivity contribution < 1.29 is 13.2 Å². The van der Waals surface area contributed by atoms with Gasteiger partial charge in [0.2, 0.25) is 5.95 Å². The number of hydrogen-bond acceptors (Lipinski definition) is 2. The van der Waals surface area contributed by atoms with E-state index < -0.39 is 12.6 Å². The normalized spacial score (nSPS) is 11.8. The molecule has 0 bridgehead atoms. The van der Waals surface area contributed by atoms with E-state index in [-0.39, 0.29) is 6.42 Å². The fourth-order valence-corrected chi connectivity index (χ4v) is 1.38. The van der Waals surface area contributed by atoms with Crippen molar-refractivity contribution in [1.29, 1.82) is 0 Å². The van der Waals surface area contributed by atoms with Crippen molar-refractivity contribution in [3.8, 4) is 0 Å². The Bertz CT molecular complexity index is 307. The molecular formula is C10H16F3N3. The standard InChI is InChI=1S/C10H16F3N3/c1-2-16-8-7-15-9(16)14-6-4-3-5-10(11,12)13/h7-8H,2-6H2,1H3,(H,14,15). The van der Waals surface area contributed by atoms with Gasteiger partial charge in [0, 0.05) is 31.9 Å². The summed E-state index contributed by atoms with van der Waals surface area (Å²) in [5, 5.41) is 3.01. The maximum absolute atomic E-state index is 11.8. The number of nitrogens with zero attached hydrogens (tertiary/aromatic N) is 2. The van der Waals surface area contributed by atoms with E-state index in [1.165, 1.54) is 0 Å². The van der Waals surface area contributed by atoms with Crippen molar-refractivity contribution in [1.82, 2.24) is 9.55 Å². The van der Waals surface area contributed by atoms with Crippen LogP contribution >= 0.6 is 0 Å². The van der Waals surface area contributed by atoms with Gasteiger partial charge in [0.15, 0.2) is 0 Å². The van der Waals surface area contributed by atoms with E-state index in [2.05, 4.69) is 10.3 Å². The first-order chi connectivity index (χ1) is 7.53. The Morgan fingerprint density at radius 2 is 2.12 bits per heavy atom. The number of alkyl halides is 3. The van der Waals surface area contributed by atoms with Crippen molar-refractivity contribution in [3.63, 3.8) is 0 Å². The molecular weight excluding hydrogens is 219 g/mol. The number of nitrogens with one attached hydrogen (secondary N) is 1. The van der Waals surface area contributed by atoms with Gasteiger partial charge in [-0.2, -0.15) is 13.2 Å². The number of anilines is 1. The zero-order valence-electron chi connectivity index (χ0n) is 9.22. The average Bonchev–Trinajstić information content (AvgIpc) is 2.63. The number of unbranched alkanes of at least 4 members (excludes halogenated alkanes) is 1. The predicted octanol–water partition coefficient (Wildman–Crippen LogP) is 3.05. The Labute approximate surface area is 92.7 Å². The summed E-state index contributed by atoms with van der Waals surface area (Å²) in [6, 6.07) is 0. The fourth-order valence-electron chi connectivity index (χ4n) is 1.38. The van der Waals surface area contributed by atoms with Gasteiger partial charge in [-0.05, 0) is 19.8 Å². The topological polar surface area (TPSA) is 29.9 Å². The van der Waals surface area contributed by atoms with E-state index in [0.717, 1.165) is 12.5 Å². The van der Waals surface area contributed by atoms with Gasteiger partial charge in [0.25, 0.3) is 0 Å². The van der Waals surface area contributed by atoms with Gasteiger partial charge < -0.3 is 9.88 Å². The molecule has 0 unspecified atom stereocenters. The highest BCUT2D eigenvalue weighted by molar-refractivity contribution is 5.25. The molecule has 1 aromatic rings. The van der Waals surface area contributed by atoms with Crippen molar-refractivity contribution in [2.45, 2.75) is 38.9 Å². The molecule has 0 fully saturated rings. The van der Waals surface area contributed by atoms with Crippen LogP contribution in [0.5, 0.6) is 0 Å². The van der Waals surface area contributed by atoms with E-state index in [1.807, 2.05) is 17.7 Å². The highest BCUT2D eigenvalue weighted by atomic mass is 19.4. The Morgan fingerprint density at radius 1 is 1.38 bits per heavy atom. The summed E-state index contributed by atoms with van der Waals surface area (Å²) in [7, 11) is 0. The third kappa shape index (κ3) is 4.55.